The van der Waals surface area contributed by atoms with E-state index in [1.165, 1.54) is 0 Å². The van der Waals surface area contributed by atoms with Crippen molar-refractivity contribution in [1.82, 2.24) is 38.7 Å². The third-order valence-corrected chi connectivity index (χ3v) is 7.69. The van der Waals surface area contributed by atoms with Crippen LogP contribution in [0.25, 0.3) is 55.4 Å². The fourth-order valence-electron chi connectivity index (χ4n) is 5.85. The van der Waals surface area contributed by atoms with Gasteiger partial charge in [-0.25, -0.2) is 9.78 Å². The van der Waals surface area contributed by atoms with Gasteiger partial charge in [0.2, 0.25) is 5.88 Å². The summed E-state index contributed by atoms with van der Waals surface area (Å²) in [5, 5.41) is 10.8. The molecule has 11 heteroatoms. The van der Waals surface area contributed by atoms with Gasteiger partial charge in [-0.1, -0.05) is 6.07 Å². The van der Waals surface area contributed by atoms with Gasteiger partial charge in [0.25, 0.3) is 0 Å². The van der Waals surface area contributed by atoms with Crippen molar-refractivity contribution in [1.29, 1.82) is 0 Å². The summed E-state index contributed by atoms with van der Waals surface area (Å²) in [6.07, 6.45) is 7.27. The monoisotopic (exact) mass is 512 g/mol. The average molecular weight is 513 g/mol. The van der Waals surface area contributed by atoms with Gasteiger partial charge < -0.3 is 14.5 Å². The van der Waals surface area contributed by atoms with Gasteiger partial charge in [-0.2, -0.15) is 5.10 Å². The van der Waals surface area contributed by atoms with Crippen molar-refractivity contribution in [2.75, 3.05) is 20.3 Å². The van der Waals surface area contributed by atoms with Gasteiger partial charge in [0.15, 0.2) is 0 Å². The molecule has 1 aliphatic rings. The highest BCUT2D eigenvalue weighted by Crippen LogP contribution is 2.41. The van der Waals surface area contributed by atoms with Crippen LogP contribution in [0.3, 0.4) is 0 Å². The van der Waals surface area contributed by atoms with Gasteiger partial charge in [-0.05, 0) is 30.5 Å². The number of H-pyrrole nitrogens is 1. The molecule has 1 fully saturated rings. The number of methoxy groups -OCH3 is 1. The van der Waals surface area contributed by atoms with Gasteiger partial charge in [-0.15, -0.1) is 5.10 Å². The van der Waals surface area contributed by atoms with Gasteiger partial charge in [-0.3, -0.25) is 18.5 Å². The standard InChI is InChI=1S/C27H28N8O3/c1-32-14-19(26(31-32)37-4)22-24-23(35(27(36)33(24)2)17-7-9-38-10-8-17)21-18(13-28-25(21)30-22)15-5-6-20-16(11-15)12-29-34(20)3/h5-6,11-14,17H,7-10H2,1-4H3,(H,28,30). The van der Waals surface area contributed by atoms with Crippen LogP contribution in [0.4, 0.5) is 0 Å². The Morgan fingerprint density at radius 1 is 1.11 bits per heavy atom. The van der Waals surface area contributed by atoms with E-state index in [0.717, 1.165) is 56.9 Å². The smallest absolute Gasteiger partial charge is 0.329 e. The van der Waals surface area contributed by atoms with Gasteiger partial charge in [0.1, 0.15) is 11.3 Å². The molecular formula is C27H28N8O3. The number of hydrogen-bond acceptors (Lipinski definition) is 6. The summed E-state index contributed by atoms with van der Waals surface area (Å²) < 4.78 is 18.5. The van der Waals surface area contributed by atoms with Crippen LogP contribution < -0.4 is 10.4 Å². The minimum absolute atomic E-state index is 0.0257. The molecular weight excluding hydrogens is 484 g/mol. The number of fused-ring (bicyclic) bond motifs is 4. The van der Waals surface area contributed by atoms with Gasteiger partial charge in [0.05, 0.1) is 40.8 Å². The number of nitrogens with one attached hydrogen (secondary N) is 1. The lowest BCUT2D eigenvalue weighted by molar-refractivity contribution is 0.0697. The first kappa shape index (κ1) is 22.8. The zero-order chi connectivity index (χ0) is 26.1. The maximum Gasteiger partial charge on any atom is 0.329 e. The molecule has 38 heavy (non-hydrogen) atoms. The van der Waals surface area contributed by atoms with Crippen LogP contribution in [0, 0.1) is 0 Å². The third kappa shape index (κ3) is 3.18. The number of rotatable bonds is 4. The average Bonchev–Trinajstić information content (AvgIpc) is 3.68. The Bertz CT molecular complexity index is 1910. The topological polar surface area (TPSA) is 110 Å². The fourth-order valence-corrected chi connectivity index (χ4v) is 5.85. The van der Waals surface area contributed by atoms with Crippen LogP contribution in [0.1, 0.15) is 18.9 Å². The molecule has 6 heterocycles. The molecule has 1 aromatic carbocycles. The van der Waals surface area contributed by atoms with Gasteiger partial charge >= 0.3 is 5.69 Å². The Hall–Kier alpha value is -4.38. The summed E-state index contributed by atoms with van der Waals surface area (Å²) in [5.41, 5.74) is 6.70. The lowest BCUT2D eigenvalue weighted by atomic mass is 10.0. The minimum Gasteiger partial charge on any atom is -0.479 e. The maximum absolute atomic E-state index is 13.9. The molecule has 0 unspecified atom stereocenters. The van der Waals surface area contributed by atoms with E-state index in [9.17, 15) is 4.79 Å². The summed E-state index contributed by atoms with van der Waals surface area (Å²) in [7, 11) is 7.19. The summed E-state index contributed by atoms with van der Waals surface area (Å²) in [4.78, 5) is 22.4. The summed E-state index contributed by atoms with van der Waals surface area (Å²) in [6, 6.07) is 6.33. The first-order valence-electron chi connectivity index (χ1n) is 12.7. The van der Waals surface area contributed by atoms with Crippen molar-refractivity contribution in [3.05, 3.63) is 47.3 Å². The molecule has 7 rings (SSSR count). The van der Waals surface area contributed by atoms with Crippen molar-refractivity contribution in [3.63, 3.8) is 0 Å². The first-order valence-corrected chi connectivity index (χ1v) is 12.7. The molecule has 0 spiro atoms. The molecule has 0 bridgehead atoms. The zero-order valence-electron chi connectivity index (χ0n) is 21.7. The van der Waals surface area contributed by atoms with E-state index >= 15 is 0 Å². The van der Waals surface area contributed by atoms with Crippen LogP contribution in [-0.4, -0.2) is 59.0 Å². The molecule has 6 aromatic rings. The number of imidazole rings is 1. The molecule has 0 aliphatic carbocycles. The van der Waals surface area contributed by atoms with E-state index in [-0.39, 0.29) is 11.7 Å². The normalized spacial score (nSPS) is 14.8. The molecule has 1 saturated heterocycles. The SMILES string of the molecule is COc1nn(C)cc1-c1nc2[nH]cc(-c3ccc4c(cnn4C)c3)c2c2c1n(C)c(=O)n2C1CCOCC1. The molecule has 11 nitrogen and oxygen atoms in total. The minimum atomic E-state index is -0.0693. The second-order valence-corrected chi connectivity index (χ2v) is 9.91. The Balaban J connectivity index is 1.60. The van der Waals surface area contributed by atoms with Crippen LogP contribution >= 0.6 is 0 Å². The predicted octanol–water partition coefficient (Wildman–Crippen LogP) is 3.53. The number of hydrogen-bond donors (Lipinski definition) is 1. The van der Waals surface area contributed by atoms with Crippen molar-refractivity contribution in [2.45, 2.75) is 18.9 Å². The Morgan fingerprint density at radius 3 is 2.71 bits per heavy atom. The van der Waals surface area contributed by atoms with Crippen molar-refractivity contribution in [3.8, 4) is 28.3 Å². The van der Waals surface area contributed by atoms with E-state index in [4.69, 9.17) is 14.5 Å². The predicted molar refractivity (Wildman–Crippen MR) is 144 cm³/mol. The summed E-state index contributed by atoms with van der Waals surface area (Å²) >= 11 is 0. The van der Waals surface area contributed by atoms with Crippen molar-refractivity contribution in [2.24, 2.45) is 21.1 Å². The van der Waals surface area contributed by atoms with E-state index in [2.05, 4.69) is 33.4 Å². The first-order chi connectivity index (χ1) is 18.5. The Labute approximate surface area is 217 Å². The molecule has 1 N–H and O–H groups in total. The Kier molecular flexibility index (Phi) is 4.99. The summed E-state index contributed by atoms with van der Waals surface area (Å²) in [6.45, 7) is 1.26. The number of aryl methyl sites for hydroxylation is 3. The number of ether oxygens (including phenoxy) is 2. The quantitative estimate of drug-likeness (QED) is 0.387. The fraction of sp³-hybridized carbons (Fsp3) is 0.333. The number of aromatic nitrogens is 8. The third-order valence-electron chi connectivity index (χ3n) is 7.69. The highest BCUT2D eigenvalue weighted by atomic mass is 16.5. The lowest BCUT2D eigenvalue weighted by Gasteiger charge is -2.23. The molecule has 0 saturated carbocycles. The van der Waals surface area contributed by atoms with Crippen molar-refractivity contribution < 1.29 is 9.47 Å². The van der Waals surface area contributed by atoms with E-state index < -0.39 is 0 Å². The van der Waals surface area contributed by atoms with E-state index in [0.29, 0.717) is 30.4 Å². The Morgan fingerprint density at radius 2 is 1.92 bits per heavy atom. The maximum atomic E-state index is 13.9. The molecule has 0 radical (unpaired) electrons. The number of pyridine rings is 1. The van der Waals surface area contributed by atoms with Crippen LogP contribution in [-0.2, 0) is 25.9 Å². The zero-order valence-corrected chi connectivity index (χ0v) is 21.7. The molecule has 0 atom stereocenters. The summed E-state index contributed by atoms with van der Waals surface area (Å²) in [5.74, 6) is 0.459. The van der Waals surface area contributed by atoms with E-state index in [1.807, 2.05) is 49.0 Å². The second kappa shape index (κ2) is 8.32. The largest absolute Gasteiger partial charge is 0.479 e. The van der Waals surface area contributed by atoms with Crippen LogP contribution in [0.5, 0.6) is 5.88 Å². The number of aromatic amines is 1. The van der Waals surface area contributed by atoms with E-state index in [1.54, 1.807) is 16.4 Å². The van der Waals surface area contributed by atoms with Crippen LogP contribution in [0.15, 0.2) is 41.6 Å². The molecule has 5 aromatic heterocycles. The van der Waals surface area contributed by atoms with Crippen LogP contribution in [0.2, 0.25) is 0 Å². The molecule has 194 valence electrons. The molecule has 1 aliphatic heterocycles. The lowest BCUT2D eigenvalue weighted by Crippen LogP contribution is -2.29. The number of nitrogens with zero attached hydrogens (tertiary/aromatic N) is 7. The van der Waals surface area contributed by atoms with Gasteiger partial charge in [0, 0.05) is 63.7 Å². The number of benzene rings is 1. The van der Waals surface area contributed by atoms with Crippen molar-refractivity contribution >= 4 is 33.0 Å². The highest BCUT2D eigenvalue weighted by molar-refractivity contribution is 6.14. The highest BCUT2D eigenvalue weighted by Gasteiger charge is 2.29. The molecule has 0 amide bonds. The second-order valence-electron chi connectivity index (χ2n) is 9.91.